The smallest absolute Gasteiger partial charge is 0.223 e. The van der Waals surface area contributed by atoms with E-state index in [0.717, 1.165) is 24.2 Å². The maximum absolute atomic E-state index is 5.81. The molecule has 0 spiro atoms. The Morgan fingerprint density at radius 1 is 0.900 bits per heavy atom. The summed E-state index contributed by atoms with van der Waals surface area (Å²) in [6.07, 6.45) is 2.31. The number of aromatic nitrogens is 3. The van der Waals surface area contributed by atoms with Gasteiger partial charge in [0.25, 0.3) is 0 Å². The average Bonchev–Trinajstić information content (AvgIpc) is 3.31. The zero-order chi connectivity index (χ0) is 13.5. The summed E-state index contributed by atoms with van der Waals surface area (Å²) in [5.74, 6) is 2.29. The third-order valence-corrected chi connectivity index (χ3v) is 3.62. The first kappa shape index (κ1) is 11.3. The molecule has 20 heavy (non-hydrogen) atoms. The summed E-state index contributed by atoms with van der Waals surface area (Å²) in [7, 11) is 0. The van der Waals surface area contributed by atoms with Crippen molar-refractivity contribution in [2.45, 2.75) is 18.8 Å². The topological polar surface area (TPSA) is 64.7 Å². The van der Waals surface area contributed by atoms with Gasteiger partial charge in [-0.25, -0.2) is 4.98 Å². The van der Waals surface area contributed by atoms with Gasteiger partial charge in [-0.3, -0.25) is 0 Å². The average molecular weight is 262 g/mol. The van der Waals surface area contributed by atoms with E-state index in [4.69, 9.17) is 5.73 Å². The van der Waals surface area contributed by atoms with E-state index in [1.165, 1.54) is 10.8 Å². The van der Waals surface area contributed by atoms with Crippen molar-refractivity contribution >= 4 is 16.7 Å². The van der Waals surface area contributed by atoms with E-state index in [1.807, 2.05) is 18.2 Å². The molecule has 0 atom stereocenters. The van der Waals surface area contributed by atoms with Crippen LogP contribution in [0.4, 0.5) is 5.95 Å². The van der Waals surface area contributed by atoms with Crippen molar-refractivity contribution < 1.29 is 0 Å². The quantitative estimate of drug-likeness (QED) is 0.770. The second kappa shape index (κ2) is 4.27. The van der Waals surface area contributed by atoms with Crippen LogP contribution in [0.3, 0.4) is 0 Å². The number of nitrogens with zero attached hydrogens (tertiary/aromatic N) is 3. The monoisotopic (exact) mass is 262 g/mol. The minimum absolute atomic E-state index is 0.310. The third-order valence-electron chi connectivity index (χ3n) is 3.62. The van der Waals surface area contributed by atoms with Crippen molar-refractivity contribution in [3.63, 3.8) is 0 Å². The van der Waals surface area contributed by atoms with Crippen molar-refractivity contribution in [3.8, 4) is 11.4 Å². The molecule has 0 amide bonds. The predicted molar refractivity (Wildman–Crippen MR) is 79.2 cm³/mol. The first-order valence-electron chi connectivity index (χ1n) is 6.80. The van der Waals surface area contributed by atoms with Gasteiger partial charge in [-0.1, -0.05) is 36.4 Å². The minimum Gasteiger partial charge on any atom is -0.368 e. The number of fused-ring (bicyclic) bond motifs is 1. The molecule has 3 aromatic rings. The third kappa shape index (κ3) is 1.99. The van der Waals surface area contributed by atoms with Crippen LogP contribution < -0.4 is 5.73 Å². The van der Waals surface area contributed by atoms with Gasteiger partial charge in [0.2, 0.25) is 5.95 Å². The van der Waals surface area contributed by atoms with E-state index in [0.29, 0.717) is 17.7 Å². The molecule has 0 radical (unpaired) electrons. The molecule has 98 valence electrons. The summed E-state index contributed by atoms with van der Waals surface area (Å²) in [6, 6.07) is 14.5. The van der Waals surface area contributed by atoms with Crippen molar-refractivity contribution in [3.05, 3.63) is 48.3 Å². The molecule has 2 aromatic carbocycles. The molecule has 2 N–H and O–H groups in total. The van der Waals surface area contributed by atoms with Gasteiger partial charge in [0, 0.05) is 11.5 Å². The molecule has 1 aromatic heterocycles. The van der Waals surface area contributed by atoms with Gasteiger partial charge in [0.15, 0.2) is 5.82 Å². The van der Waals surface area contributed by atoms with Crippen LogP contribution in [0.2, 0.25) is 0 Å². The lowest BCUT2D eigenvalue weighted by atomic mass is 10.1. The molecule has 1 heterocycles. The van der Waals surface area contributed by atoms with Crippen molar-refractivity contribution in [1.82, 2.24) is 15.0 Å². The summed E-state index contributed by atoms with van der Waals surface area (Å²) in [4.78, 5) is 13.1. The maximum atomic E-state index is 5.81. The van der Waals surface area contributed by atoms with E-state index in [1.54, 1.807) is 0 Å². The minimum atomic E-state index is 0.310. The summed E-state index contributed by atoms with van der Waals surface area (Å²) < 4.78 is 0. The van der Waals surface area contributed by atoms with Gasteiger partial charge < -0.3 is 5.73 Å². The number of nitrogen functional groups attached to an aromatic ring is 1. The Hall–Kier alpha value is -2.49. The SMILES string of the molecule is Nc1nc(-c2ccc3ccccc3c2)nc(C2CC2)n1. The Morgan fingerprint density at radius 2 is 1.70 bits per heavy atom. The number of anilines is 1. The van der Waals surface area contributed by atoms with E-state index in [9.17, 15) is 0 Å². The lowest BCUT2D eigenvalue weighted by Gasteiger charge is -2.05. The molecular weight excluding hydrogens is 248 g/mol. The molecular formula is C16H14N4. The largest absolute Gasteiger partial charge is 0.368 e. The fourth-order valence-corrected chi connectivity index (χ4v) is 2.39. The van der Waals surface area contributed by atoms with Gasteiger partial charge in [-0.15, -0.1) is 0 Å². The summed E-state index contributed by atoms with van der Waals surface area (Å²) in [5, 5.41) is 2.39. The maximum Gasteiger partial charge on any atom is 0.223 e. The highest BCUT2D eigenvalue weighted by Gasteiger charge is 2.27. The molecule has 4 rings (SSSR count). The van der Waals surface area contributed by atoms with E-state index in [2.05, 4.69) is 39.2 Å². The van der Waals surface area contributed by atoms with Crippen LogP contribution in [0, 0.1) is 0 Å². The molecule has 0 unspecified atom stereocenters. The molecule has 0 aliphatic heterocycles. The van der Waals surface area contributed by atoms with E-state index in [-0.39, 0.29) is 0 Å². The second-order valence-corrected chi connectivity index (χ2v) is 5.21. The molecule has 1 saturated carbocycles. The Kier molecular flexibility index (Phi) is 2.42. The Labute approximate surface area is 116 Å². The predicted octanol–water partition coefficient (Wildman–Crippen LogP) is 3.15. The lowest BCUT2D eigenvalue weighted by Crippen LogP contribution is -2.04. The fourth-order valence-electron chi connectivity index (χ4n) is 2.39. The van der Waals surface area contributed by atoms with Crippen LogP contribution in [-0.4, -0.2) is 15.0 Å². The number of benzene rings is 2. The molecule has 1 fully saturated rings. The first-order valence-corrected chi connectivity index (χ1v) is 6.80. The Bertz CT molecular complexity index is 793. The van der Waals surface area contributed by atoms with Crippen molar-refractivity contribution in [2.24, 2.45) is 0 Å². The summed E-state index contributed by atoms with van der Waals surface area (Å²) >= 11 is 0. The molecule has 0 bridgehead atoms. The number of hydrogen-bond donors (Lipinski definition) is 1. The highest BCUT2D eigenvalue weighted by molar-refractivity contribution is 5.86. The molecule has 1 aliphatic carbocycles. The van der Waals surface area contributed by atoms with Crippen LogP contribution in [-0.2, 0) is 0 Å². The van der Waals surface area contributed by atoms with Crippen LogP contribution >= 0.6 is 0 Å². The van der Waals surface area contributed by atoms with Crippen LogP contribution in [0.1, 0.15) is 24.6 Å². The lowest BCUT2D eigenvalue weighted by molar-refractivity contribution is 0.902. The van der Waals surface area contributed by atoms with Crippen LogP contribution in [0.5, 0.6) is 0 Å². The van der Waals surface area contributed by atoms with Gasteiger partial charge in [0.05, 0.1) is 0 Å². The first-order chi connectivity index (χ1) is 9.79. The Balaban J connectivity index is 1.85. The Morgan fingerprint density at radius 3 is 2.50 bits per heavy atom. The van der Waals surface area contributed by atoms with Gasteiger partial charge in [-0.05, 0) is 29.7 Å². The van der Waals surface area contributed by atoms with E-state index >= 15 is 0 Å². The van der Waals surface area contributed by atoms with Gasteiger partial charge >= 0.3 is 0 Å². The zero-order valence-corrected chi connectivity index (χ0v) is 11.0. The van der Waals surface area contributed by atoms with Crippen molar-refractivity contribution in [2.75, 3.05) is 5.73 Å². The van der Waals surface area contributed by atoms with Gasteiger partial charge in [0.1, 0.15) is 5.82 Å². The summed E-state index contributed by atoms with van der Waals surface area (Å²) in [6.45, 7) is 0. The molecule has 0 saturated heterocycles. The number of rotatable bonds is 2. The molecule has 1 aliphatic rings. The standard InChI is InChI=1S/C16H14N4/c17-16-19-14(11-6-7-11)18-15(20-16)13-8-5-10-3-1-2-4-12(10)9-13/h1-5,8-9,11H,6-7H2,(H2,17,18,19,20). The number of hydrogen-bond acceptors (Lipinski definition) is 4. The normalized spacial score (nSPS) is 14.6. The highest BCUT2D eigenvalue weighted by atomic mass is 15.1. The summed E-state index contributed by atoms with van der Waals surface area (Å²) in [5.41, 5.74) is 6.80. The van der Waals surface area contributed by atoms with Crippen molar-refractivity contribution in [1.29, 1.82) is 0 Å². The van der Waals surface area contributed by atoms with Gasteiger partial charge in [-0.2, -0.15) is 9.97 Å². The van der Waals surface area contributed by atoms with Crippen LogP contribution in [0.15, 0.2) is 42.5 Å². The molecule has 4 nitrogen and oxygen atoms in total. The van der Waals surface area contributed by atoms with E-state index < -0.39 is 0 Å². The van der Waals surface area contributed by atoms with Crippen LogP contribution in [0.25, 0.3) is 22.2 Å². The highest BCUT2D eigenvalue weighted by Crippen LogP contribution is 2.38. The zero-order valence-electron chi connectivity index (χ0n) is 11.0. The second-order valence-electron chi connectivity index (χ2n) is 5.21. The fraction of sp³-hybridized carbons (Fsp3) is 0.188. The number of nitrogens with two attached hydrogens (primary N) is 1. The molecule has 4 heteroatoms.